The summed E-state index contributed by atoms with van der Waals surface area (Å²) in [4.78, 5) is 13.5. The molecule has 0 heterocycles. The minimum atomic E-state index is -2.96. The molecule has 0 bridgehead atoms. The van der Waals surface area contributed by atoms with Crippen LogP contribution in [-0.2, 0) is 19.4 Å². The van der Waals surface area contributed by atoms with Crippen LogP contribution in [0.3, 0.4) is 0 Å². The molecular formula is C13H25NO4S. The van der Waals surface area contributed by atoms with E-state index in [0.717, 1.165) is 19.3 Å². The van der Waals surface area contributed by atoms with E-state index >= 15 is 0 Å². The first-order valence-electron chi connectivity index (χ1n) is 6.72. The number of ether oxygens (including phenoxy) is 1. The van der Waals surface area contributed by atoms with Gasteiger partial charge in [-0.05, 0) is 26.3 Å². The largest absolute Gasteiger partial charge is 0.469 e. The van der Waals surface area contributed by atoms with Crippen molar-refractivity contribution < 1.29 is 17.9 Å². The normalized spacial score (nSPS) is 26.2. The second-order valence-electron chi connectivity index (χ2n) is 5.64. The smallest absolute Gasteiger partial charge is 0.309 e. The van der Waals surface area contributed by atoms with Crippen molar-refractivity contribution in [3.8, 4) is 0 Å². The number of esters is 1. The summed E-state index contributed by atoms with van der Waals surface area (Å²) in [5.41, 5.74) is 0. The van der Waals surface area contributed by atoms with E-state index in [1.54, 1.807) is 0 Å². The van der Waals surface area contributed by atoms with Gasteiger partial charge in [0.2, 0.25) is 0 Å². The van der Waals surface area contributed by atoms with Crippen LogP contribution in [0.2, 0.25) is 0 Å². The molecule has 0 N–H and O–H groups in total. The Labute approximate surface area is 116 Å². The predicted octanol–water partition coefficient (Wildman–Crippen LogP) is 1.08. The van der Waals surface area contributed by atoms with Crippen LogP contribution < -0.4 is 0 Å². The van der Waals surface area contributed by atoms with Crippen LogP contribution in [-0.4, -0.2) is 57.5 Å². The van der Waals surface area contributed by atoms with Gasteiger partial charge in [-0.1, -0.05) is 13.3 Å². The van der Waals surface area contributed by atoms with Gasteiger partial charge >= 0.3 is 5.97 Å². The Morgan fingerprint density at radius 2 is 2.05 bits per heavy atom. The molecule has 1 saturated carbocycles. The first-order chi connectivity index (χ1) is 8.75. The van der Waals surface area contributed by atoms with Crippen molar-refractivity contribution in [2.45, 2.75) is 43.9 Å². The van der Waals surface area contributed by atoms with Crippen LogP contribution in [0.15, 0.2) is 0 Å². The van der Waals surface area contributed by atoms with E-state index < -0.39 is 9.84 Å². The van der Waals surface area contributed by atoms with Gasteiger partial charge in [0.1, 0.15) is 9.84 Å². The van der Waals surface area contributed by atoms with Crippen molar-refractivity contribution in [2.75, 3.05) is 27.0 Å². The maximum absolute atomic E-state index is 11.6. The average Bonchev–Trinajstić information content (AvgIpc) is 2.36. The summed E-state index contributed by atoms with van der Waals surface area (Å²) in [7, 11) is 0.381. The molecule has 0 amide bonds. The molecule has 1 aliphatic rings. The number of rotatable bonds is 5. The van der Waals surface area contributed by atoms with Gasteiger partial charge in [-0.3, -0.25) is 4.79 Å². The molecule has 1 fully saturated rings. The maximum atomic E-state index is 11.6. The molecule has 0 aliphatic heterocycles. The molecule has 0 aromatic rings. The molecular weight excluding hydrogens is 266 g/mol. The van der Waals surface area contributed by atoms with Crippen molar-refractivity contribution in [1.82, 2.24) is 4.90 Å². The van der Waals surface area contributed by atoms with E-state index in [1.807, 2.05) is 14.0 Å². The van der Waals surface area contributed by atoms with Gasteiger partial charge in [-0.15, -0.1) is 0 Å². The quantitative estimate of drug-likeness (QED) is 0.709. The molecule has 19 heavy (non-hydrogen) atoms. The van der Waals surface area contributed by atoms with Crippen LogP contribution >= 0.6 is 0 Å². The monoisotopic (exact) mass is 291 g/mol. The third kappa shape index (κ3) is 4.76. The fraction of sp³-hybridized carbons (Fsp3) is 0.923. The summed E-state index contributed by atoms with van der Waals surface area (Å²) in [6.45, 7) is 2.44. The van der Waals surface area contributed by atoms with Gasteiger partial charge in [-0.25, -0.2) is 8.42 Å². The molecule has 0 radical (unpaired) electrons. The average molecular weight is 291 g/mol. The Kier molecular flexibility index (Phi) is 5.80. The van der Waals surface area contributed by atoms with Crippen molar-refractivity contribution >= 4 is 15.8 Å². The van der Waals surface area contributed by atoms with Crippen LogP contribution in [0.1, 0.15) is 32.6 Å². The second-order valence-corrected chi connectivity index (χ2v) is 7.96. The van der Waals surface area contributed by atoms with Gasteiger partial charge in [0, 0.05) is 18.8 Å². The highest BCUT2D eigenvalue weighted by Crippen LogP contribution is 2.27. The standard InChI is InChI=1S/C13H25NO4S/c1-10(13(15)18-3)9-14(2)11-6-5-7-12(8-11)19(4,16)17/h10-12H,5-9H2,1-4H3. The Morgan fingerprint density at radius 3 is 2.58 bits per heavy atom. The van der Waals surface area contributed by atoms with Crippen molar-refractivity contribution in [2.24, 2.45) is 5.92 Å². The van der Waals surface area contributed by atoms with E-state index in [1.165, 1.54) is 13.4 Å². The lowest BCUT2D eigenvalue weighted by molar-refractivity contribution is -0.145. The minimum Gasteiger partial charge on any atom is -0.469 e. The number of hydrogen-bond donors (Lipinski definition) is 0. The van der Waals surface area contributed by atoms with Crippen LogP contribution in [0.25, 0.3) is 0 Å². The summed E-state index contributed by atoms with van der Waals surface area (Å²) in [6.07, 6.45) is 4.67. The van der Waals surface area contributed by atoms with Gasteiger partial charge in [0.15, 0.2) is 0 Å². The molecule has 0 aromatic heterocycles. The molecule has 1 aliphatic carbocycles. The first-order valence-corrected chi connectivity index (χ1v) is 8.68. The van der Waals surface area contributed by atoms with E-state index in [-0.39, 0.29) is 23.2 Å². The second kappa shape index (κ2) is 6.70. The minimum absolute atomic E-state index is 0.186. The number of carbonyl (C=O) groups excluding carboxylic acids is 1. The fourth-order valence-corrected chi connectivity index (χ4v) is 3.93. The highest BCUT2D eigenvalue weighted by Gasteiger charge is 2.31. The van der Waals surface area contributed by atoms with Gasteiger partial charge < -0.3 is 9.64 Å². The molecule has 0 spiro atoms. The van der Waals surface area contributed by atoms with Gasteiger partial charge in [0.25, 0.3) is 0 Å². The maximum Gasteiger partial charge on any atom is 0.309 e. The zero-order valence-electron chi connectivity index (χ0n) is 12.3. The number of methoxy groups -OCH3 is 1. The van der Waals surface area contributed by atoms with Crippen LogP contribution in [0.4, 0.5) is 0 Å². The Hall–Kier alpha value is -0.620. The van der Waals surface area contributed by atoms with Crippen LogP contribution in [0, 0.1) is 5.92 Å². The SMILES string of the molecule is COC(=O)C(C)CN(C)C1CCCC(S(C)(=O)=O)C1. The Bertz CT molecular complexity index is 407. The Balaban J connectivity index is 2.57. The molecule has 0 saturated heterocycles. The summed E-state index contributed by atoms with van der Waals surface area (Å²) in [5, 5.41) is -0.234. The summed E-state index contributed by atoms with van der Waals surface area (Å²) in [5.74, 6) is -0.407. The van der Waals surface area contributed by atoms with E-state index in [4.69, 9.17) is 4.74 Å². The Morgan fingerprint density at radius 1 is 1.42 bits per heavy atom. The summed E-state index contributed by atoms with van der Waals surface area (Å²) >= 11 is 0. The van der Waals surface area contributed by atoms with E-state index in [9.17, 15) is 13.2 Å². The lowest BCUT2D eigenvalue weighted by Crippen LogP contribution is -2.42. The predicted molar refractivity (Wildman–Crippen MR) is 74.7 cm³/mol. The number of carbonyl (C=O) groups is 1. The summed E-state index contributed by atoms with van der Waals surface area (Å²) < 4.78 is 28.0. The zero-order chi connectivity index (χ0) is 14.6. The third-order valence-corrected chi connectivity index (χ3v) is 5.63. The summed E-state index contributed by atoms with van der Waals surface area (Å²) in [6, 6.07) is 0.237. The zero-order valence-corrected chi connectivity index (χ0v) is 13.1. The molecule has 0 aromatic carbocycles. The fourth-order valence-electron chi connectivity index (χ4n) is 2.77. The number of nitrogens with zero attached hydrogens (tertiary/aromatic N) is 1. The highest BCUT2D eigenvalue weighted by atomic mass is 32.2. The van der Waals surface area contributed by atoms with Gasteiger partial charge in [0.05, 0.1) is 18.3 Å². The molecule has 1 rings (SSSR count). The molecule has 6 heteroatoms. The lowest BCUT2D eigenvalue weighted by atomic mass is 9.93. The van der Waals surface area contributed by atoms with E-state index in [0.29, 0.717) is 13.0 Å². The first kappa shape index (κ1) is 16.4. The van der Waals surface area contributed by atoms with Crippen molar-refractivity contribution in [3.05, 3.63) is 0 Å². The van der Waals surface area contributed by atoms with E-state index in [2.05, 4.69) is 4.90 Å². The lowest BCUT2D eigenvalue weighted by Gasteiger charge is -2.35. The van der Waals surface area contributed by atoms with Gasteiger partial charge in [-0.2, -0.15) is 0 Å². The highest BCUT2D eigenvalue weighted by molar-refractivity contribution is 7.91. The third-order valence-electron chi connectivity index (χ3n) is 3.99. The topological polar surface area (TPSA) is 63.7 Å². The van der Waals surface area contributed by atoms with Crippen LogP contribution in [0.5, 0.6) is 0 Å². The number of sulfone groups is 1. The molecule has 112 valence electrons. The van der Waals surface area contributed by atoms with Crippen molar-refractivity contribution in [1.29, 1.82) is 0 Å². The molecule has 3 unspecified atom stereocenters. The number of hydrogen-bond acceptors (Lipinski definition) is 5. The van der Waals surface area contributed by atoms with Crippen molar-refractivity contribution in [3.63, 3.8) is 0 Å². The molecule has 3 atom stereocenters. The molecule has 5 nitrogen and oxygen atoms in total.